The first-order chi connectivity index (χ1) is 14.0. The molecule has 0 aliphatic carbocycles. The number of amides is 2. The number of benzene rings is 1. The topological polar surface area (TPSA) is 132 Å². The Kier molecular flexibility index (Phi) is 4.61. The summed E-state index contributed by atoms with van der Waals surface area (Å²) in [5, 5.41) is 17.7. The van der Waals surface area contributed by atoms with E-state index in [0.717, 1.165) is 4.90 Å². The summed E-state index contributed by atoms with van der Waals surface area (Å²) in [6.07, 6.45) is 4.83. The molecule has 0 fully saturated rings. The summed E-state index contributed by atoms with van der Waals surface area (Å²) in [5.74, 6) is -0.0718. The van der Waals surface area contributed by atoms with Crippen LogP contribution in [0.1, 0.15) is 0 Å². The monoisotopic (exact) mass is 394 g/mol. The van der Waals surface area contributed by atoms with Gasteiger partial charge in [0.2, 0.25) is 5.91 Å². The number of carbonyl (C=O) groups is 2. The van der Waals surface area contributed by atoms with Gasteiger partial charge in [-0.3, -0.25) is 24.6 Å². The Morgan fingerprint density at radius 2 is 2.17 bits per heavy atom. The number of nitrogens with zero attached hydrogens (tertiary/aromatic N) is 5. The van der Waals surface area contributed by atoms with E-state index in [-0.39, 0.29) is 24.5 Å². The number of hydrogen-bond acceptors (Lipinski definition) is 7. The molecule has 1 aliphatic rings. The Balaban J connectivity index is 1.49. The van der Waals surface area contributed by atoms with Crippen LogP contribution in [0.4, 0.5) is 17.1 Å². The van der Waals surface area contributed by atoms with Crippen molar-refractivity contribution in [1.82, 2.24) is 14.8 Å². The number of hydrogen-bond donors (Lipinski definition) is 1. The number of carbonyl (C=O) groups excluding carboxylic acids is 2. The summed E-state index contributed by atoms with van der Waals surface area (Å²) < 4.78 is 6.86. The minimum absolute atomic E-state index is 0.178. The number of aromatic nitrogens is 3. The summed E-state index contributed by atoms with van der Waals surface area (Å²) in [6, 6.07) is 8.99. The first-order valence-corrected chi connectivity index (χ1v) is 8.49. The van der Waals surface area contributed by atoms with Gasteiger partial charge in [-0.1, -0.05) is 0 Å². The summed E-state index contributed by atoms with van der Waals surface area (Å²) in [5.41, 5.74) is 0.412. The van der Waals surface area contributed by atoms with E-state index in [1.54, 1.807) is 35.3 Å². The molecule has 11 heteroatoms. The van der Waals surface area contributed by atoms with Crippen molar-refractivity contribution in [3.05, 3.63) is 65.1 Å². The maximum absolute atomic E-state index is 12.4. The molecule has 2 aromatic heterocycles. The highest BCUT2D eigenvalue weighted by Crippen LogP contribution is 2.35. The lowest BCUT2D eigenvalue weighted by Crippen LogP contribution is -2.43. The van der Waals surface area contributed by atoms with Crippen molar-refractivity contribution in [3.8, 4) is 11.6 Å². The fourth-order valence-electron chi connectivity index (χ4n) is 2.82. The van der Waals surface area contributed by atoms with E-state index in [1.165, 1.54) is 24.4 Å². The molecule has 29 heavy (non-hydrogen) atoms. The van der Waals surface area contributed by atoms with E-state index in [1.807, 2.05) is 0 Å². The van der Waals surface area contributed by atoms with Gasteiger partial charge in [-0.2, -0.15) is 5.10 Å². The molecule has 3 aromatic rings. The van der Waals surface area contributed by atoms with Crippen molar-refractivity contribution in [1.29, 1.82) is 0 Å². The van der Waals surface area contributed by atoms with Gasteiger partial charge in [-0.25, -0.2) is 9.67 Å². The second-order valence-electron chi connectivity index (χ2n) is 6.08. The molecular weight excluding hydrogens is 380 g/mol. The summed E-state index contributed by atoms with van der Waals surface area (Å²) in [6.45, 7) is -0.574. The maximum Gasteiger partial charge on any atom is 0.271 e. The summed E-state index contributed by atoms with van der Waals surface area (Å²) >= 11 is 0. The van der Waals surface area contributed by atoms with Gasteiger partial charge in [-0.05, 0) is 24.3 Å². The van der Waals surface area contributed by atoms with Crippen LogP contribution in [0, 0.1) is 10.1 Å². The van der Waals surface area contributed by atoms with E-state index < -0.39 is 16.7 Å². The minimum Gasteiger partial charge on any atom is -0.482 e. The molecule has 0 radical (unpaired) electrons. The zero-order chi connectivity index (χ0) is 20.4. The fraction of sp³-hybridized carbons (Fsp3) is 0.111. The van der Waals surface area contributed by atoms with Crippen molar-refractivity contribution in [2.24, 2.45) is 0 Å². The maximum atomic E-state index is 12.4. The number of ether oxygens (including phenoxy) is 1. The average Bonchev–Trinajstić information content (AvgIpc) is 3.25. The van der Waals surface area contributed by atoms with E-state index in [9.17, 15) is 19.7 Å². The number of fused-ring (bicyclic) bond motifs is 1. The molecule has 0 saturated heterocycles. The first kappa shape index (κ1) is 18.1. The highest BCUT2D eigenvalue weighted by molar-refractivity contribution is 6.05. The summed E-state index contributed by atoms with van der Waals surface area (Å²) in [4.78, 5) is 40.5. The highest BCUT2D eigenvalue weighted by atomic mass is 16.6. The molecule has 0 atom stereocenters. The standard InChI is InChI=1S/C18H14N6O5/c25-17(21-12-2-5-16(19-9-12)23-7-1-6-20-23)10-22-14-8-13(24(27)28)3-4-15(14)29-11-18(22)26/h1-9H,10-11H2,(H,21,25). The van der Waals surface area contributed by atoms with Crippen LogP contribution in [0.3, 0.4) is 0 Å². The van der Waals surface area contributed by atoms with Gasteiger partial charge in [0, 0.05) is 24.5 Å². The Bertz CT molecular complexity index is 1080. The van der Waals surface area contributed by atoms with Crippen molar-refractivity contribution in [2.75, 3.05) is 23.4 Å². The number of pyridine rings is 1. The van der Waals surface area contributed by atoms with Gasteiger partial charge < -0.3 is 10.1 Å². The average molecular weight is 394 g/mol. The molecule has 0 bridgehead atoms. The van der Waals surface area contributed by atoms with Crippen LogP contribution >= 0.6 is 0 Å². The molecular formula is C18H14N6O5. The van der Waals surface area contributed by atoms with Gasteiger partial charge in [0.25, 0.3) is 11.6 Å². The van der Waals surface area contributed by atoms with Crippen molar-refractivity contribution < 1.29 is 19.2 Å². The molecule has 1 aromatic carbocycles. The summed E-state index contributed by atoms with van der Waals surface area (Å²) in [7, 11) is 0. The largest absolute Gasteiger partial charge is 0.482 e. The lowest BCUT2D eigenvalue weighted by atomic mass is 10.2. The molecule has 0 saturated carbocycles. The lowest BCUT2D eigenvalue weighted by molar-refractivity contribution is -0.384. The van der Waals surface area contributed by atoms with Crippen molar-refractivity contribution in [3.63, 3.8) is 0 Å². The molecule has 1 N–H and O–H groups in total. The zero-order valence-electron chi connectivity index (χ0n) is 14.9. The van der Waals surface area contributed by atoms with Crippen LogP contribution < -0.4 is 15.0 Å². The Morgan fingerprint density at radius 3 is 2.86 bits per heavy atom. The van der Waals surface area contributed by atoms with Gasteiger partial charge >= 0.3 is 0 Å². The third-order valence-corrected chi connectivity index (χ3v) is 4.17. The molecule has 146 valence electrons. The van der Waals surface area contributed by atoms with E-state index in [0.29, 0.717) is 17.3 Å². The quantitative estimate of drug-likeness (QED) is 0.513. The molecule has 3 heterocycles. The molecule has 2 amide bonds. The normalized spacial score (nSPS) is 12.8. The number of nitrogens with one attached hydrogen (secondary N) is 1. The first-order valence-electron chi connectivity index (χ1n) is 8.49. The molecule has 11 nitrogen and oxygen atoms in total. The molecule has 1 aliphatic heterocycles. The number of rotatable bonds is 5. The number of nitro groups is 1. The van der Waals surface area contributed by atoms with E-state index >= 15 is 0 Å². The number of nitro benzene ring substituents is 1. The van der Waals surface area contributed by atoms with E-state index in [2.05, 4.69) is 15.4 Å². The number of anilines is 2. The number of non-ortho nitro benzene ring substituents is 1. The highest BCUT2D eigenvalue weighted by Gasteiger charge is 2.29. The van der Waals surface area contributed by atoms with Crippen LogP contribution in [-0.2, 0) is 9.59 Å². The Labute approximate surface area is 163 Å². The Morgan fingerprint density at radius 1 is 1.31 bits per heavy atom. The second kappa shape index (κ2) is 7.38. The van der Waals surface area contributed by atoms with E-state index in [4.69, 9.17) is 4.74 Å². The van der Waals surface area contributed by atoms with Crippen molar-refractivity contribution in [2.45, 2.75) is 0 Å². The van der Waals surface area contributed by atoms with Gasteiger partial charge in [-0.15, -0.1) is 0 Å². The Hall–Kier alpha value is -4.28. The van der Waals surface area contributed by atoms with Crippen LogP contribution in [-0.4, -0.2) is 44.7 Å². The predicted octanol–water partition coefficient (Wildman–Crippen LogP) is 1.54. The van der Waals surface area contributed by atoms with Crippen LogP contribution in [0.2, 0.25) is 0 Å². The van der Waals surface area contributed by atoms with Crippen molar-refractivity contribution >= 4 is 28.9 Å². The predicted molar refractivity (Wildman–Crippen MR) is 101 cm³/mol. The van der Waals surface area contributed by atoms with Crippen LogP contribution in [0.25, 0.3) is 5.82 Å². The molecule has 0 unspecified atom stereocenters. The van der Waals surface area contributed by atoms with Gasteiger partial charge in [0.05, 0.1) is 22.5 Å². The second-order valence-corrected chi connectivity index (χ2v) is 6.08. The fourth-order valence-corrected chi connectivity index (χ4v) is 2.82. The van der Waals surface area contributed by atoms with Crippen LogP contribution in [0.5, 0.6) is 5.75 Å². The van der Waals surface area contributed by atoms with Gasteiger partial charge in [0.1, 0.15) is 12.3 Å². The third-order valence-electron chi connectivity index (χ3n) is 4.17. The van der Waals surface area contributed by atoms with Gasteiger partial charge in [0.15, 0.2) is 12.4 Å². The molecule has 0 spiro atoms. The zero-order valence-corrected chi connectivity index (χ0v) is 14.9. The SMILES string of the molecule is O=C(CN1C(=O)COc2ccc([N+](=O)[O-])cc21)Nc1ccc(-n2cccn2)nc1. The lowest BCUT2D eigenvalue weighted by Gasteiger charge is -2.28. The smallest absolute Gasteiger partial charge is 0.271 e. The third kappa shape index (κ3) is 3.74. The molecule has 4 rings (SSSR count). The van der Waals surface area contributed by atoms with Crippen LogP contribution in [0.15, 0.2) is 55.0 Å². The minimum atomic E-state index is -0.579.